The molecule has 1 saturated heterocycles. The van der Waals surface area contributed by atoms with E-state index in [1.54, 1.807) is 6.20 Å². The van der Waals surface area contributed by atoms with Crippen LogP contribution in [0.2, 0.25) is 0 Å². The normalized spacial score (nSPS) is 13.9. The Morgan fingerprint density at radius 3 is 2.46 bits per heavy atom. The zero-order valence-corrected chi connectivity index (χ0v) is 25.1. The lowest BCUT2D eigenvalue weighted by molar-refractivity contribution is 0.0954. The number of piperazine rings is 1. The number of imidazole rings is 1. The first-order valence-corrected chi connectivity index (χ1v) is 14.7. The Hall–Kier alpha value is -3.72. The minimum atomic E-state index is -0.156. The summed E-state index contributed by atoms with van der Waals surface area (Å²) in [6.07, 6.45) is 2.55. The summed E-state index contributed by atoms with van der Waals surface area (Å²) < 4.78 is 18.7. The first-order chi connectivity index (χ1) is 19.7. The lowest BCUT2D eigenvalue weighted by Gasteiger charge is -2.29. The molecule has 218 valence electrons. The fourth-order valence-corrected chi connectivity index (χ4v) is 5.76. The van der Waals surface area contributed by atoms with Gasteiger partial charge in [-0.2, -0.15) is 5.10 Å². The number of anilines is 1. The van der Waals surface area contributed by atoms with Crippen LogP contribution in [0.5, 0.6) is 0 Å². The highest BCUT2D eigenvalue weighted by Gasteiger charge is 2.26. The number of amides is 1. The average Bonchev–Trinajstić information content (AvgIpc) is 3.51. The smallest absolute Gasteiger partial charge is 0.255 e. The predicted molar refractivity (Wildman–Crippen MR) is 163 cm³/mol. The van der Waals surface area contributed by atoms with Crippen LogP contribution in [0.15, 0.2) is 30.5 Å². The second kappa shape index (κ2) is 12.0. The van der Waals surface area contributed by atoms with Crippen LogP contribution in [0.3, 0.4) is 0 Å². The molecule has 2 N–H and O–H groups in total. The SMILES string of the molecule is CCCNC(=O)c1cnn(CC(C)C)c1-c1cc(C)cc2c1nc(N1CCNCC1)n2Cc1cc(C)c(F)c(C)c1. The quantitative estimate of drug-likeness (QED) is 0.294. The molecule has 8 nitrogen and oxygen atoms in total. The maximum absolute atomic E-state index is 14.5. The molecule has 2 aromatic carbocycles. The van der Waals surface area contributed by atoms with E-state index in [4.69, 9.17) is 4.98 Å². The van der Waals surface area contributed by atoms with Crippen molar-refractivity contribution in [2.24, 2.45) is 5.92 Å². The van der Waals surface area contributed by atoms with Crippen molar-refractivity contribution in [1.29, 1.82) is 0 Å². The Balaban J connectivity index is 1.74. The van der Waals surface area contributed by atoms with Gasteiger partial charge in [-0.1, -0.05) is 32.9 Å². The monoisotopic (exact) mass is 559 g/mol. The Bertz CT molecular complexity index is 1540. The van der Waals surface area contributed by atoms with Gasteiger partial charge >= 0.3 is 0 Å². The maximum Gasteiger partial charge on any atom is 0.255 e. The molecule has 0 saturated carbocycles. The number of nitrogens with one attached hydrogen (secondary N) is 2. The van der Waals surface area contributed by atoms with Gasteiger partial charge in [-0.15, -0.1) is 0 Å². The van der Waals surface area contributed by atoms with Gasteiger partial charge in [0.1, 0.15) is 11.3 Å². The number of carbonyl (C=O) groups excluding carboxylic acids is 1. The van der Waals surface area contributed by atoms with E-state index in [-0.39, 0.29) is 11.7 Å². The molecule has 0 spiro atoms. The number of aryl methyl sites for hydroxylation is 3. The third kappa shape index (κ3) is 5.86. The lowest BCUT2D eigenvalue weighted by atomic mass is 10.0. The van der Waals surface area contributed by atoms with Crippen molar-refractivity contribution >= 4 is 22.9 Å². The molecule has 1 aliphatic rings. The van der Waals surface area contributed by atoms with Gasteiger partial charge in [0.2, 0.25) is 5.95 Å². The van der Waals surface area contributed by atoms with Gasteiger partial charge in [-0.25, -0.2) is 9.37 Å². The predicted octanol–water partition coefficient (Wildman–Crippen LogP) is 5.22. The van der Waals surface area contributed by atoms with Crippen molar-refractivity contribution in [3.63, 3.8) is 0 Å². The molecule has 5 rings (SSSR count). The number of rotatable bonds is 9. The molecular weight excluding hydrogens is 517 g/mol. The Kier molecular flexibility index (Phi) is 8.45. The second-order valence-electron chi connectivity index (χ2n) is 11.7. The van der Waals surface area contributed by atoms with E-state index in [1.807, 2.05) is 37.6 Å². The molecule has 1 amide bonds. The van der Waals surface area contributed by atoms with Gasteiger partial charge in [0.15, 0.2) is 0 Å². The molecule has 0 unspecified atom stereocenters. The summed E-state index contributed by atoms with van der Waals surface area (Å²) >= 11 is 0. The summed E-state index contributed by atoms with van der Waals surface area (Å²) in [6.45, 7) is 17.4. The van der Waals surface area contributed by atoms with Crippen LogP contribution in [-0.4, -0.2) is 58.0 Å². The largest absolute Gasteiger partial charge is 0.352 e. The summed E-state index contributed by atoms with van der Waals surface area (Å²) in [5.74, 6) is 0.960. The minimum Gasteiger partial charge on any atom is -0.352 e. The highest BCUT2D eigenvalue weighted by molar-refractivity contribution is 6.04. The van der Waals surface area contributed by atoms with Gasteiger partial charge in [-0.05, 0) is 67.5 Å². The third-order valence-electron chi connectivity index (χ3n) is 7.63. The first-order valence-electron chi connectivity index (χ1n) is 14.7. The van der Waals surface area contributed by atoms with Crippen LogP contribution in [0.4, 0.5) is 10.3 Å². The van der Waals surface area contributed by atoms with Crippen LogP contribution >= 0.6 is 0 Å². The van der Waals surface area contributed by atoms with Crippen LogP contribution in [-0.2, 0) is 13.1 Å². The van der Waals surface area contributed by atoms with Crippen LogP contribution in [0.25, 0.3) is 22.3 Å². The van der Waals surface area contributed by atoms with Gasteiger partial charge in [-0.3, -0.25) is 9.48 Å². The standard InChI is InChI=1S/C32H42FN7O/c1-7-8-35-31(41)26-17-36-40(18-20(2)3)30(26)25-13-21(4)14-27-29(25)37-32(38-11-9-34-10-12-38)39(27)19-24-15-22(5)28(33)23(6)16-24/h13-17,20,34H,7-12,18-19H2,1-6H3,(H,35,41). The van der Waals surface area contributed by atoms with Crippen molar-refractivity contribution in [3.8, 4) is 11.3 Å². The van der Waals surface area contributed by atoms with E-state index >= 15 is 0 Å². The molecule has 41 heavy (non-hydrogen) atoms. The van der Waals surface area contributed by atoms with Crippen LogP contribution in [0, 0.1) is 32.5 Å². The van der Waals surface area contributed by atoms with Crippen molar-refractivity contribution < 1.29 is 9.18 Å². The molecule has 2 aromatic heterocycles. The molecule has 0 radical (unpaired) electrons. The summed E-state index contributed by atoms with van der Waals surface area (Å²) in [5, 5.41) is 11.2. The Morgan fingerprint density at radius 2 is 1.80 bits per heavy atom. The van der Waals surface area contributed by atoms with Crippen molar-refractivity contribution in [3.05, 3.63) is 64.1 Å². The topological polar surface area (TPSA) is 80.0 Å². The molecule has 1 fully saturated rings. The second-order valence-corrected chi connectivity index (χ2v) is 11.7. The molecule has 0 bridgehead atoms. The number of halogens is 1. The van der Waals surface area contributed by atoms with Gasteiger partial charge < -0.3 is 20.1 Å². The number of fused-ring (bicyclic) bond motifs is 1. The highest BCUT2D eigenvalue weighted by Crippen LogP contribution is 2.36. The highest BCUT2D eigenvalue weighted by atomic mass is 19.1. The lowest BCUT2D eigenvalue weighted by Crippen LogP contribution is -2.44. The number of carbonyl (C=O) groups is 1. The number of aromatic nitrogens is 4. The number of benzene rings is 2. The Morgan fingerprint density at radius 1 is 1.10 bits per heavy atom. The summed E-state index contributed by atoms with van der Waals surface area (Å²) in [7, 11) is 0. The first kappa shape index (κ1) is 28.8. The number of hydrogen-bond acceptors (Lipinski definition) is 5. The molecular formula is C32H42FN7O. The molecule has 0 aliphatic carbocycles. The van der Waals surface area contributed by atoms with Crippen LogP contribution in [0.1, 0.15) is 59.8 Å². The fraction of sp³-hybridized carbons (Fsp3) is 0.469. The van der Waals surface area contributed by atoms with E-state index in [9.17, 15) is 9.18 Å². The van der Waals surface area contributed by atoms with Crippen molar-refractivity contribution in [2.45, 2.75) is 61.1 Å². The van der Waals surface area contributed by atoms with Crippen molar-refractivity contribution in [2.75, 3.05) is 37.6 Å². The van der Waals surface area contributed by atoms with E-state index in [0.717, 1.165) is 72.0 Å². The van der Waals surface area contributed by atoms with E-state index in [2.05, 4.69) is 58.1 Å². The van der Waals surface area contributed by atoms with Crippen molar-refractivity contribution in [1.82, 2.24) is 30.0 Å². The van der Waals surface area contributed by atoms with E-state index < -0.39 is 0 Å². The van der Waals surface area contributed by atoms with Crippen LogP contribution < -0.4 is 15.5 Å². The number of nitrogens with zero attached hydrogens (tertiary/aromatic N) is 5. The van der Waals surface area contributed by atoms with Gasteiger partial charge in [0.25, 0.3) is 5.91 Å². The zero-order valence-electron chi connectivity index (χ0n) is 25.1. The molecule has 3 heterocycles. The van der Waals surface area contributed by atoms with Gasteiger partial charge in [0, 0.05) is 44.8 Å². The summed E-state index contributed by atoms with van der Waals surface area (Å²) in [5.41, 5.74) is 7.49. The number of hydrogen-bond donors (Lipinski definition) is 2. The maximum atomic E-state index is 14.5. The van der Waals surface area contributed by atoms with E-state index in [0.29, 0.717) is 42.2 Å². The molecule has 0 atom stereocenters. The third-order valence-corrected chi connectivity index (χ3v) is 7.63. The van der Waals surface area contributed by atoms with E-state index in [1.165, 1.54) is 0 Å². The fourth-order valence-electron chi connectivity index (χ4n) is 5.76. The zero-order chi connectivity index (χ0) is 29.3. The van der Waals surface area contributed by atoms with Gasteiger partial charge in [0.05, 0.1) is 29.5 Å². The molecule has 9 heteroatoms. The summed E-state index contributed by atoms with van der Waals surface area (Å²) in [6, 6.07) is 8.15. The Labute approximate surface area is 241 Å². The minimum absolute atomic E-state index is 0.120. The molecule has 4 aromatic rings. The summed E-state index contributed by atoms with van der Waals surface area (Å²) in [4.78, 5) is 20.9. The average molecular weight is 560 g/mol. The molecule has 1 aliphatic heterocycles.